The van der Waals surface area contributed by atoms with E-state index in [0.717, 1.165) is 30.5 Å². The standard InChI is InChI=1S/C18H20ClN5O/c19-14-11-21-18(25-10-7-13-5-8-20-9-6-13)23-17(14)24-12-22-15-3-1-2-4-16(15)24/h1-4,11-13,20H,5-10H2. The van der Waals surface area contributed by atoms with E-state index in [2.05, 4.69) is 20.3 Å². The van der Waals surface area contributed by atoms with Gasteiger partial charge in [-0.15, -0.1) is 0 Å². The molecule has 0 aliphatic carbocycles. The van der Waals surface area contributed by atoms with Crippen LogP contribution >= 0.6 is 11.6 Å². The Morgan fingerprint density at radius 2 is 2.04 bits per heavy atom. The van der Waals surface area contributed by atoms with E-state index in [4.69, 9.17) is 16.3 Å². The number of nitrogens with zero attached hydrogens (tertiary/aromatic N) is 4. The SMILES string of the molecule is Clc1cnc(OCCC2CCNCC2)nc1-n1cnc2ccccc21. The highest BCUT2D eigenvalue weighted by Gasteiger charge is 2.14. The van der Waals surface area contributed by atoms with Gasteiger partial charge in [-0.25, -0.2) is 9.97 Å². The molecule has 2 aromatic heterocycles. The predicted molar refractivity (Wildman–Crippen MR) is 97.4 cm³/mol. The zero-order chi connectivity index (χ0) is 17.1. The molecule has 0 radical (unpaired) electrons. The first-order valence-corrected chi connectivity index (χ1v) is 8.97. The fourth-order valence-electron chi connectivity index (χ4n) is 3.20. The van der Waals surface area contributed by atoms with Crippen molar-refractivity contribution in [1.82, 2.24) is 24.8 Å². The van der Waals surface area contributed by atoms with Gasteiger partial charge in [-0.05, 0) is 50.4 Å². The lowest BCUT2D eigenvalue weighted by Crippen LogP contribution is -2.28. The first kappa shape index (κ1) is 16.3. The second kappa shape index (κ2) is 7.37. The second-order valence-electron chi connectivity index (χ2n) is 6.26. The third kappa shape index (κ3) is 3.60. The molecule has 6 nitrogen and oxygen atoms in total. The van der Waals surface area contributed by atoms with Crippen LogP contribution in [-0.4, -0.2) is 39.2 Å². The molecule has 1 saturated heterocycles. The minimum atomic E-state index is 0.353. The van der Waals surface area contributed by atoms with Gasteiger partial charge in [-0.3, -0.25) is 4.57 Å². The average Bonchev–Trinajstić information content (AvgIpc) is 3.08. The van der Waals surface area contributed by atoms with Crippen molar-refractivity contribution >= 4 is 22.6 Å². The Morgan fingerprint density at radius 1 is 1.20 bits per heavy atom. The van der Waals surface area contributed by atoms with Crippen LogP contribution in [0.2, 0.25) is 5.02 Å². The van der Waals surface area contributed by atoms with E-state index in [1.807, 2.05) is 28.8 Å². The molecule has 3 aromatic rings. The number of benzene rings is 1. The van der Waals surface area contributed by atoms with Crippen LogP contribution < -0.4 is 10.1 Å². The maximum absolute atomic E-state index is 6.31. The molecule has 0 amide bonds. The summed E-state index contributed by atoms with van der Waals surface area (Å²) in [7, 11) is 0. The molecule has 0 bridgehead atoms. The van der Waals surface area contributed by atoms with Gasteiger partial charge < -0.3 is 10.1 Å². The molecule has 3 heterocycles. The summed E-state index contributed by atoms with van der Waals surface area (Å²) in [6, 6.07) is 8.21. The molecule has 0 atom stereocenters. The van der Waals surface area contributed by atoms with Crippen molar-refractivity contribution < 1.29 is 4.74 Å². The van der Waals surface area contributed by atoms with Gasteiger partial charge in [0.1, 0.15) is 11.3 Å². The van der Waals surface area contributed by atoms with Crippen LogP contribution in [0, 0.1) is 5.92 Å². The molecule has 1 fully saturated rings. The normalized spacial score (nSPS) is 15.6. The van der Waals surface area contributed by atoms with E-state index >= 15 is 0 Å². The van der Waals surface area contributed by atoms with Gasteiger partial charge in [-0.2, -0.15) is 4.98 Å². The Hall–Kier alpha value is -2.18. The summed E-state index contributed by atoms with van der Waals surface area (Å²) in [6.07, 6.45) is 6.74. The molecule has 4 rings (SSSR count). The number of rotatable bonds is 5. The summed E-state index contributed by atoms with van der Waals surface area (Å²) < 4.78 is 7.64. The van der Waals surface area contributed by atoms with Crippen LogP contribution in [0.25, 0.3) is 16.9 Å². The van der Waals surface area contributed by atoms with Crippen molar-refractivity contribution in [3.8, 4) is 11.8 Å². The first-order valence-electron chi connectivity index (χ1n) is 8.60. The van der Waals surface area contributed by atoms with E-state index in [1.54, 1.807) is 12.5 Å². The molecule has 1 aliphatic heterocycles. The molecule has 0 saturated carbocycles. The molecule has 1 N–H and O–H groups in total. The summed E-state index contributed by atoms with van der Waals surface area (Å²) in [5, 5.41) is 3.84. The zero-order valence-electron chi connectivity index (χ0n) is 13.9. The maximum atomic E-state index is 6.31. The van der Waals surface area contributed by atoms with E-state index in [1.165, 1.54) is 12.8 Å². The number of halogens is 1. The number of imidazole rings is 1. The van der Waals surface area contributed by atoms with E-state index in [9.17, 15) is 0 Å². The highest BCUT2D eigenvalue weighted by atomic mass is 35.5. The van der Waals surface area contributed by atoms with Gasteiger partial charge in [0.15, 0.2) is 5.82 Å². The molecule has 7 heteroatoms. The lowest BCUT2D eigenvalue weighted by atomic mass is 9.95. The Kier molecular flexibility index (Phi) is 4.81. The Bertz CT molecular complexity index is 860. The van der Waals surface area contributed by atoms with Crippen LogP contribution in [-0.2, 0) is 0 Å². The molecule has 1 aliphatic rings. The molecular formula is C18H20ClN5O. The van der Waals surface area contributed by atoms with Crippen molar-refractivity contribution in [2.75, 3.05) is 19.7 Å². The number of ether oxygens (including phenoxy) is 1. The quantitative estimate of drug-likeness (QED) is 0.759. The van der Waals surface area contributed by atoms with Crippen LogP contribution in [0.5, 0.6) is 6.01 Å². The van der Waals surface area contributed by atoms with Gasteiger partial charge >= 0.3 is 6.01 Å². The third-order valence-electron chi connectivity index (χ3n) is 4.60. The monoisotopic (exact) mass is 357 g/mol. The number of aromatic nitrogens is 4. The average molecular weight is 358 g/mol. The number of hydrogen-bond acceptors (Lipinski definition) is 5. The Morgan fingerprint density at radius 3 is 2.92 bits per heavy atom. The molecule has 0 spiro atoms. The number of piperidine rings is 1. The van der Waals surface area contributed by atoms with Crippen molar-refractivity contribution in [3.63, 3.8) is 0 Å². The molecule has 130 valence electrons. The van der Waals surface area contributed by atoms with Gasteiger partial charge in [0.25, 0.3) is 0 Å². The van der Waals surface area contributed by atoms with E-state index < -0.39 is 0 Å². The first-order chi connectivity index (χ1) is 12.3. The summed E-state index contributed by atoms with van der Waals surface area (Å²) >= 11 is 6.31. The van der Waals surface area contributed by atoms with Crippen molar-refractivity contribution in [1.29, 1.82) is 0 Å². The van der Waals surface area contributed by atoms with Crippen molar-refractivity contribution in [3.05, 3.63) is 41.8 Å². The molecule has 25 heavy (non-hydrogen) atoms. The zero-order valence-corrected chi connectivity index (χ0v) is 14.6. The smallest absolute Gasteiger partial charge is 0.318 e. The number of fused-ring (bicyclic) bond motifs is 1. The van der Waals surface area contributed by atoms with Crippen LogP contribution in [0.15, 0.2) is 36.8 Å². The molecule has 0 unspecified atom stereocenters. The van der Waals surface area contributed by atoms with Gasteiger partial charge in [-0.1, -0.05) is 23.7 Å². The highest BCUT2D eigenvalue weighted by Crippen LogP contribution is 2.24. The van der Waals surface area contributed by atoms with Gasteiger partial charge in [0.2, 0.25) is 0 Å². The number of para-hydroxylation sites is 2. The third-order valence-corrected chi connectivity index (χ3v) is 4.87. The molecular weight excluding hydrogens is 338 g/mol. The summed E-state index contributed by atoms with van der Waals surface area (Å²) in [5.74, 6) is 1.30. The minimum absolute atomic E-state index is 0.353. The summed E-state index contributed by atoms with van der Waals surface area (Å²) in [5.41, 5.74) is 1.84. The Labute approximate surface area is 151 Å². The van der Waals surface area contributed by atoms with Crippen molar-refractivity contribution in [2.45, 2.75) is 19.3 Å². The van der Waals surface area contributed by atoms with Crippen LogP contribution in [0.4, 0.5) is 0 Å². The lowest BCUT2D eigenvalue weighted by Gasteiger charge is -2.22. The fraction of sp³-hybridized carbons (Fsp3) is 0.389. The number of hydrogen-bond donors (Lipinski definition) is 1. The lowest BCUT2D eigenvalue weighted by molar-refractivity contribution is 0.238. The fourth-order valence-corrected chi connectivity index (χ4v) is 3.38. The maximum Gasteiger partial charge on any atom is 0.318 e. The topological polar surface area (TPSA) is 64.9 Å². The van der Waals surface area contributed by atoms with Crippen LogP contribution in [0.3, 0.4) is 0 Å². The largest absolute Gasteiger partial charge is 0.463 e. The summed E-state index contributed by atoms with van der Waals surface area (Å²) in [6.45, 7) is 2.82. The number of nitrogens with one attached hydrogen (secondary N) is 1. The van der Waals surface area contributed by atoms with Gasteiger partial charge in [0, 0.05) is 0 Å². The second-order valence-corrected chi connectivity index (χ2v) is 6.67. The van der Waals surface area contributed by atoms with Crippen LogP contribution in [0.1, 0.15) is 19.3 Å². The molecule has 1 aromatic carbocycles. The minimum Gasteiger partial charge on any atom is -0.463 e. The van der Waals surface area contributed by atoms with E-state index in [-0.39, 0.29) is 0 Å². The Balaban J connectivity index is 1.50. The van der Waals surface area contributed by atoms with Crippen molar-refractivity contribution in [2.24, 2.45) is 5.92 Å². The predicted octanol–water partition coefficient (Wildman–Crippen LogP) is 3.24. The highest BCUT2D eigenvalue weighted by molar-refractivity contribution is 6.32. The van der Waals surface area contributed by atoms with Gasteiger partial charge in [0.05, 0.1) is 23.8 Å². The van der Waals surface area contributed by atoms with E-state index in [0.29, 0.717) is 29.4 Å². The summed E-state index contributed by atoms with van der Waals surface area (Å²) in [4.78, 5) is 13.1.